The normalized spacial score (nSPS) is 23.0. The molecule has 1 heterocycles. The molecule has 0 spiro atoms. The maximum absolute atomic E-state index is 9.98. The molecule has 1 N–H and O–H groups in total. The average Bonchev–Trinajstić information content (AvgIpc) is 2.32. The number of ether oxygens (including phenoxy) is 2. The van der Waals surface area contributed by atoms with E-state index in [9.17, 15) is 5.11 Å². The summed E-state index contributed by atoms with van der Waals surface area (Å²) in [6.07, 6.45) is 1.04. The molecule has 0 radical (unpaired) electrons. The summed E-state index contributed by atoms with van der Waals surface area (Å²) in [6.45, 7) is 8.33. The van der Waals surface area contributed by atoms with E-state index in [0.29, 0.717) is 11.7 Å². The zero-order valence-electron chi connectivity index (χ0n) is 11.8. The fourth-order valence-electron chi connectivity index (χ4n) is 2.70. The Morgan fingerprint density at radius 1 is 1.44 bits per heavy atom. The lowest BCUT2D eigenvalue weighted by Crippen LogP contribution is -2.28. The Bertz CT molecular complexity index is 452. The van der Waals surface area contributed by atoms with Crippen molar-refractivity contribution < 1.29 is 14.6 Å². The van der Waals surface area contributed by atoms with Crippen molar-refractivity contribution in [2.45, 2.75) is 46.3 Å². The van der Waals surface area contributed by atoms with Gasteiger partial charge in [-0.15, -0.1) is 0 Å². The van der Waals surface area contributed by atoms with Crippen LogP contribution in [0.15, 0.2) is 6.07 Å². The van der Waals surface area contributed by atoms with Crippen molar-refractivity contribution in [3.8, 4) is 11.5 Å². The molecule has 3 nitrogen and oxygen atoms in total. The Hall–Kier alpha value is -1.22. The summed E-state index contributed by atoms with van der Waals surface area (Å²) in [7, 11) is 1.64. The Balaban J connectivity index is 2.64. The Morgan fingerprint density at radius 3 is 2.67 bits per heavy atom. The standard InChI is InChI=1S/C15H22O3/c1-8(2)15-14-11(6-9(3)18-15)10(4)12(16)7-13(14)17-5/h7-9,15-16H,6H2,1-5H3/t9-,15?/m0/s1. The van der Waals surface area contributed by atoms with E-state index in [2.05, 4.69) is 20.8 Å². The van der Waals surface area contributed by atoms with Gasteiger partial charge in [0.15, 0.2) is 0 Å². The molecule has 2 rings (SSSR count). The molecule has 0 amide bonds. The van der Waals surface area contributed by atoms with Gasteiger partial charge in [-0.1, -0.05) is 13.8 Å². The smallest absolute Gasteiger partial charge is 0.128 e. The lowest BCUT2D eigenvalue weighted by Gasteiger charge is -2.35. The average molecular weight is 250 g/mol. The van der Waals surface area contributed by atoms with Crippen LogP contribution in [0, 0.1) is 12.8 Å². The monoisotopic (exact) mass is 250 g/mol. The minimum atomic E-state index is 0.0398. The number of fused-ring (bicyclic) bond motifs is 1. The molecule has 0 aliphatic carbocycles. The van der Waals surface area contributed by atoms with Gasteiger partial charge >= 0.3 is 0 Å². The second-order valence-corrected chi connectivity index (χ2v) is 5.43. The van der Waals surface area contributed by atoms with E-state index in [1.165, 1.54) is 5.56 Å². The molecular formula is C15H22O3. The van der Waals surface area contributed by atoms with Crippen LogP contribution in [0.4, 0.5) is 0 Å². The predicted molar refractivity (Wildman–Crippen MR) is 71.2 cm³/mol. The van der Waals surface area contributed by atoms with Crippen LogP contribution in [0.1, 0.15) is 43.6 Å². The maximum Gasteiger partial charge on any atom is 0.128 e. The number of phenolic OH excluding ortho intramolecular Hbond substituents is 1. The highest BCUT2D eigenvalue weighted by atomic mass is 16.5. The molecule has 1 unspecified atom stereocenters. The minimum absolute atomic E-state index is 0.0398. The summed E-state index contributed by atoms with van der Waals surface area (Å²) < 4.78 is 11.5. The second-order valence-electron chi connectivity index (χ2n) is 5.43. The number of aromatic hydroxyl groups is 1. The van der Waals surface area contributed by atoms with Crippen molar-refractivity contribution >= 4 is 0 Å². The summed E-state index contributed by atoms with van der Waals surface area (Å²) in [4.78, 5) is 0. The zero-order valence-corrected chi connectivity index (χ0v) is 11.8. The van der Waals surface area contributed by atoms with Crippen LogP contribution in [-0.4, -0.2) is 18.3 Å². The first-order valence-corrected chi connectivity index (χ1v) is 6.50. The topological polar surface area (TPSA) is 38.7 Å². The molecule has 0 fully saturated rings. The van der Waals surface area contributed by atoms with Crippen molar-refractivity contribution in [1.82, 2.24) is 0 Å². The molecule has 2 atom stereocenters. The molecule has 0 saturated carbocycles. The summed E-state index contributed by atoms with van der Waals surface area (Å²) in [5.41, 5.74) is 3.25. The van der Waals surface area contributed by atoms with Crippen molar-refractivity contribution in [1.29, 1.82) is 0 Å². The lowest BCUT2D eigenvalue weighted by atomic mass is 9.85. The highest BCUT2D eigenvalue weighted by Gasteiger charge is 2.32. The maximum atomic E-state index is 9.98. The molecule has 1 aliphatic heterocycles. The van der Waals surface area contributed by atoms with E-state index < -0.39 is 0 Å². The predicted octanol–water partition coefficient (Wildman–Crippen LogP) is 3.37. The quantitative estimate of drug-likeness (QED) is 0.874. The third-order valence-electron chi connectivity index (χ3n) is 3.68. The molecule has 1 aromatic rings. The van der Waals surface area contributed by atoms with Crippen LogP contribution in [0.25, 0.3) is 0 Å². The van der Waals surface area contributed by atoms with Gasteiger partial charge in [-0.2, -0.15) is 0 Å². The van der Waals surface area contributed by atoms with Gasteiger partial charge in [0, 0.05) is 11.6 Å². The summed E-state index contributed by atoms with van der Waals surface area (Å²) in [5, 5.41) is 9.98. The fraction of sp³-hybridized carbons (Fsp3) is 0.600. The molecule has 1 aromatic carbocycles. The van der Waals surface area contributed by atoms with E-state index in [1.807, 2.05) is 6.92 Å². The SMILES string of the molecule is COc1cc(O)c(C)c2c1C(C(C)C)O[C@@H](C)C2. The van der Waals surface area contributed by atoms with E-state index >= 15 is 0 Å². The van der Waals surface area contributed by atoms with Gasteiger partial charge in [0.1, 0.15) is 11.5 Å². The number of methoxy groups -OCH3 is 1. The van der Waals surface area contributed by atoms with Crippen molar-refractivity contribution in [3.63, 3.8) is 0 Å². The first-order valence-electron chi connectivity index (χ1n) is 6.50. The first kappa shape index (κ1) is 13.2. The number of rotatable bonds is 2. The Morgan fingerprint density at radius 2 is 2.11 bits per heavy atom. The highest BCUT2D eigenvalue weighted by Crippen LogP contribution is 2.44. The van der Waals surface area contributed by atoms with Gasteiger partial charge in [-0.3, -0.25) is 0 Å². The van der Waals surface area contributed by atoms with Crippen LogP contribution in [0.3, 0.4) is 0 Å². The van der Waals surface area contributed by atoms with Gasteiger partial charge in [0.05, 0.1) is 19.3 Å². The van der Waals surface area contributed by atoms with Gasteiger partial charge in [0.25, 0.3) is 0 Å². The zero-order chi connectivity index (χ0) is 13.4. The molecule has 0 bridgehead atoms. The number of hydrogen-bond acceptors (Lipinski definition) is 3. The molecule has 100 valence electrons. The third kappa shape index (κ3) is 2.07. The first-order chi connectivity index (χ1) is 8.45. The van der Waals surface area contributed by atoms with E-state index in [-0.39, 0.29) is 12.2 Å². The molecule has 3 heteroatoms. The van der Waals surface area contributed by atoms with Crippen molar-refractivity contribution in [3.05, 3.63) is 22.8 Å². The van der Waals surface area contributed by atoms with E-state index in [4.69, 9.17) is 9.47 Å². The molecule has 0 saturated heterocycles. The summed E-state index contributed by atoms with van der Waals surface area (Å²) >= 11 is 0. The lowest BCUT2D eigenvalue weighted by molar-refractivity contribution is -0.0415. The molecule has 1 aliphatic rings. The number of benzene rings is 1. The molecule has 0 aromatic heterocycles. The third-order valence-corrected chi connectivity index (χ3v) is 3.68. The van der Waals surface area contributed by atoms with Crippen molar-refractivity contribution in [2.24, 2.45) is 5.92 Å². The second kappa shape index (κ2) is 4.81. The summed E-state index contributed by atoms with van der Waals surface area (Å²) in [6, 6.07) is 1.70. The Kier molecular flexibility index (Phi) is 3.53. The van der Waals surface area contributed by atoms with Crippen LogP contribution in [0.5, 0.6) is 11.5 Å². The van der Waals surface area contributed by atoms with E-state index in [0.717, 1.165) is 23.3 Å². The molecule has 18 heavy (non-hydrogen) atoms. The molecular weight excluding hydrogens is 228 g/mol. The van der Waals surface area contributed by atoms with E-state index in [1.54, 1.807) is 13.2 Å². The highest BCUT2D eigenvalue weighted by molar-refractivity contribution is 5.54. The largest absolute Gasteiger partial charge is 0.508 e. The Labute approximate surface area is 109 Å². The minimum Gasteiger partial charge on any atom is -0.508 e. The summed E-state index contributed by atoms with van der Waals surface area (Å²) in [5.74, 6) is 1.42. The van der Waals surface area contributed by atoms with Crippen molar-refractivity contribution in [2.75, 3.05) is 7.11 Å². The van der Waals surface area contributed by atoms with Crippen LogP contribution < -0.4 is 4.74 Å². The van der Waals surface area contributed by atoms with Crippen LogP contribution in [-0.2, 0) is 11.2 Å². The van der Waals surface area contributed by atoms with Crippen LogP contribution >= 0.6 is 0 Å². The fourth-order valence-corrected chi connectivity index (χ4v) is 2.70. The van der Waals surface area contributed by atoms with Gasteiger partial charge < -0.3 is 14.6 Å². The van der Waals surface area contributed by atoms with Gasteiger partial charge in [-0.05, 0) is 37.3 Å². The van der Waals surface area contributed by atoms with Gasteiger partial charge in [0.2, 0.25) is 0 Å². The number of hydrogen-bond donors (Lipinski definition) is 1. The van der Waals surface area contributed by atoms with Crippen LogP contribution in [0.2, 0.25) is 0 Å². The number of phenols is 1. The van der Waals surface area contributed by atoms with Gasteiger partial charge in [-0.25, -0.2) is 0 Å².